The Morgan fingerprint density at radius 1 is 1.22 bits per heavy atom. The van der Waals surface area contributed by atoms with Crippen LogP contribution in [-0.4, -0.2) is 44.9 Å². The topological polar surface area (TPSA) is 73.9 Å². The first-order valence-corrected chi connectivity index (χ1v) is 6.88. The first-order valence-electron chi connectivity index (χ1n) is 6.88. The standard InChI is InChI=1S/C15H19F2NO5/c1-10(8-21-2)18-13(19)9-22-14(20)7-11-3-5-12(6-4-11)23-15(16)17/h3-6,10,15H,7-9H2,1-2H3,(H,18,19). The first kappa shape index (κ1) is 18.8. The Labute approximate surface area is 132 Å². The summed E-state index contributed by atoms with van der Waals surface area (Å²) in [6.45, 7) is -1.18. The Kier molecular flexibility index (Phi) is 7.96. The molecule has 0 radical (unpaired) electrons. The van der Waals surface area contributed by atoms with Crippen molar-refractivity contribution in [2.45, 2.75) is 26.0 Å². The molecule has 0 aromatic heterocycles. The van der Waals surface area contributed by atoms with Crippen LogP contribution < -0.4 is 10.1 Å². The van der Waals surface area contributed by atoms with Gasteiger partial charge in [0.2, 0.25) is 0 Å². The second-order valence-electron chi connectivity index (χ2n) is 4.78. The molecular formula is C15H19F2NO5. The third-order valence-corrected chi connectivity index (χ3v) is 2.69. The molecule has 1 amide bonds. The average molecular weight is 331 g/mol. The number of hydrogen-bond donors (Lipinski definition) is 1. The molecule has 1 atom stereocenters. The predicted molar refractivity (Wildman–Crippen MR) is 77.2 cm³/mol. The Balaban J connectivity index is 2.34. The van der Waals surface area contributed by atoms with Crippen molar-refractivity contribution in [2.24, 2.45) is 0 Å². The van der Waals surface area contributed by atoms with Crippen molar-refractivity contribution in [1.29, 1.82) is 0 Å². The van der Waals surface area contributed by atoms with Crippen LogP contribution in [0, 0.1) is 0 Å². The molecule has 8 heteroatoms. The largest absolute Gasteiger partial charge is 0.455 e. The molecule has 0 spiro atoms. The Hall–Kier alpha value is -2.22. The Bertz CT molecular complexity index is 507. The van der Waals surface area contributed by atoms with Crippen molar-refractivity contribution >= 4 is 11.9 Å². The van der Waals surface area contributed by atoms with Crippen molar-refractivity contribution in [3.63, 3.8) is 0 Å². The maximum atomic E-state index is 12.0. The molecule has 0 aliphatic rings. The maximum Gasteiger partial charge on any atom is 0.387 e. The molecule has 1 rings (SSSR count). The number of benzene rings is 1. The zero-order chi connectivity index (χ0) is 17.2. The van der Waals surface area contributed by atoms with Gasteiger partial charge in [-0.2, -0.15) is 8.78 Å². The van der Waals surface area contributed by atoms with Gasteiger partial charge in [0.05, 0.1) is 13.0 Å². The summed E-state index contributed by atoms with van der Waals surface area (Å²) >= 11 is 0. The molecular weight excluding hydrogens is 312 g/mol. The highest BCUT2D eigenvalue weighted by Gasteiger charge is 2.11. The van der Waals surface area contributed by atoms with Gasteiger partial charge in [-0.05, 0) is 24.6 Å². The van der Waals surface area contributed by atoms with Gasteiger partial charge in [-0.3, -0.25) is 9.59 Å². The lowest BCUT2D eigenvalue weighted by Gasteiger charge is -2.12. The highest BCUT2D eigenvalue weighted by Crippen LogP contribution is 2.15. The van der Waals surface area contributed by atoms with Crippen molar-refractivity contribution < 1.29 is 32.6 Å². The van der Waals surface area contributed by atoms with Gasteiger partial charge in [0, 0.05) is 13.2 Å². The number of carbonyl (C=O) groups excluding carboxylic acids is 2. The summed E-state index contributed by atoms with van der Waals surface area (Å²) < 4.78 is 37.9. The molecule has 0 saturated heterocycles. The van der Waals surface area contributed by atoms with Crippen molar-refractivity contribution in [3.05, 3.63) is 29.8 Å². The van der Waals surface area contributed by atoms with E-state index in [1.165, 1.54) is 31.4 Å². The molecule has 128 valence electrons. The van der Waals surface area contributed by atoms with Crippen LogP contribution in [0.25, 0.3) is 0 Å². The van der Waals surface area contributed by atoms with Crippen LogP contribution in [0.3, 0.4) is 0 Å². The van der Waals surface area contributed by atoms with E-state index in [0.717, 1.165) is 0 Å². The van der Waals surface area contributed by atoms with Gasteiger partial charge in [-0.15, -0.1) is 0 Å². The van der Waals surface area contributed by atoms with Crippen LogP contribution in [0.2, 0.25) is 0 Å². The van der Waals surface area contributed by atoms with Crippen molar-refractivity contribution in [3.8, 4) is 5.75 Å². The zero-order valence-corrected chi connectivity index (χ0v) is 12.9. The lowest BCUT2D eigenvalue weighted by atomic mass is 10.1. The number of esters is 1. The number of halogens is 2. The van der Waals surface area contributed by atoms with E-state index in [2.05, 4.69) is 10.1 Å². The number of carbonyl (C=O) groups is 2. The number of nitrogens with one attached hydrogen (secondary N) is 1. The van der Waals surface area contributed by atoms with Gasteiger partial charge in [-0.1, -0.05) is 12.1 Å². The number of rotatable bonds is 9. The quantitative estimate of drug-likeness (QED) is 0.695. The zero-order valence-electron chi connectivity index (χ0n) is 12.9. The minimum Gasteiger partial charge on any atom is -0.455 e. The summed E-state index contributed by atoms with van der Waals surface area (Å²) in [6.07, 6.45) is -0.0735. The van der Waals surface area contributed by atoms with E-state index in [-0.39, 0.29) is 24.8 Å². The van der Waals surface area contributed by atoms with Crippen LogP contribution in [0.4, 0.5) is 8.78 Å². The Morgan fingerprint density at radius 3 is 2.43 bits per heavy atom. The van der Waals surface area contributed by atoms with Crippen molar-refractivity contribution in [1.82, 2.24) is 5.32 Å². The van der Waals surface area contributed by atoms with E-state index in [4.69, 9.17) is 9.47 Å². The van der Waals surface area contributed by atoms with Crippen LogP contribution in [0.15, 0.2) is 24.3 Å². The van der Waals surface area contributed by atoms with Gasteiger partial charge < -0.3 is 19.5 Å². The van der Waals surface area contributed by atoms with Gasteiger partial charge in [-0.25, -0.2) is 0 Å². The average Bonchev–Trinajstić information content (AvgIpc) is 2.47. The molecule has 6 nitrogen and oxygen atoms in total. The molecule has 0 aliphatic carbocycles. The fourth-order valence-corrected chi connectivity index (χ4v) is 1.76. The minimum atomic E-state index is -2.90. The molecule has 0 fully saturated rings. The molecule has 0 aliphatic heterocycles. The Morgan fingerprint density at radius 2 is 1.87 bits per heavy atom. The summed E-state index contributed by atoms with van der Waals surface area (Å²) in [4.78, 5) is 23.1. The van der Waals surface area contributed by atoms with E-state index in [9.17, 15) is 18.4 Å². The van der Waals surface area contributed by atoms with Gasteiger partial charge in [0.1, 0.15) is 5.75 Å². The monoisotopic (exact) mass is 331 g/mol. The summed E-state index contributed by atoms with van der Waals surface area (Å²) in [5.41, 5.74) is 0.560. The van der Waals surface area contributed by atoms with Gasteiger partial charge in [0.25, 0.3) is 5.91 Å². The third-order valence-electron chi connectivity index (χ3n) is 2.69. The van der Waals surface area contributed by atoms with Gasteiger partial charge >= 0.3 is 12.6 Å². The van der Waals surface area contributed by atoms with Crippen LogP contribution >= 0.6 is 0 Å². The highest BCUT2D eigenvalue weighted by molar-refractivity contribution is 5.81. The van der Waals surface area contributed by atoms with E-state index in [1.807, 2.05) is 0 Å². The van der Waals surface area contributed by atoms with E-state index in [0.29, 0.717) is 12.2 Å². The van der Waals surface area contributed by atoms with Crippen LogP contribution in [0.1, 0.15) is 12.5 Å². The van der Waals surface area contributed by atoms with E-state index in [1.54, 1.807) is 6.92 Å². The summed E-state index contributed by atoms with van der Waals surface area (Å²) in [6, 6.07) is 5.41. The van der Waals surface area contributed by atoms with E-state index >= 15 is 0 Å². The summed E-state index contributed by atoms with van der Waals surface area (Å²) in [5, 5.41) is 2.60. The molecule has 1 unspecified atom stereocenters. The van der Waals surface area contributed by atoms with Crippen LogP contribution in [-0.2, 0) is 25.5 Å². The van der Waals surface area contributed by atoms with Crippen LogP contribution in [0.5, 0.6) is 5.75 Å². The molecule has 1 N–H and O–H groups in total. The lowest BCUT2D eigenvalue weighted by Crippen LogP contribution is -2.38. The predicted octanol–water partition coefficient (Wildman–Crippen LogP) is 1.52. The first-order chi connectivity index (χ1) is 10.9. The lowest BCUT2D eigenvalue weighted by molar-refractivity contribution is -0.148. The molecule has 0 saturated carbocycles. The fraction of sp³-hybridized carbons (Fsp3) is 0.467. The molecule has 1 aromatic carbocycles. The van der Waals surface area contributed by atoms with Crippen molar-refractivity contribution in [2.75, 3.05) is 20.3 Å². The number of alkyl halides is 2. The number of ether oxygens (including phenoxy) is 3. The molecule has 0 bridgehead atoms. The fourth-order valence-electron chi connectivity index (χ4n) is 1.76. The normalized spacial score (nSPS) is 11.9. The smallest absolute Gasteiger partial charge is 0.387 e. The second-order valence-corrected chi connectivity index (χ2v) is 4.78. The molecule has 0 heterocycles. The molecule has 23 heavy (non-hydrogen) atoms. The minimum absolute atomic E-state index is 0.00336. The number of hydrogen-bond acceptors (Lipinski definition) is 5. The highest BCUT2D eigenvalue weighted by atomic mass is 19.3. The number of amides is 1. The van der Waals surface area contributed by atoms with E-state index < -0.39 is 18.5 Å². The van der Waals surface area contributed by atoms with Gasteiger partial charge in [0.15, 0.2) is 6.61 Å². The SMILES string of the molecule is COCC(C)NC(=O)COC(=O)Cc1ccc(OC(F)F)cc1. The third kappa shape index (κ3) is 8.10. The maximum absolute atomic E-state index is 12.0. The number of methoxy groups -OCH3 is 1. The summed E-state index contributed by atoms with van der Waals surface area (Å²) in [5.74, 6) is -1.02. The molecule has 1 aromatic rings. The summed E-state index contributed by atoms with van der Waals surface area (Å²) in [7, 11) is 1.51. The second kappa shape index (κ2) is 9.73.